The fourth-order valence-electron chi connectivity index (χ4n) is 1.94. The van der Waals surface area contributed by atoms with Crippen LogP contribution >= 0.6 is 0 Å². The van der Waals surface area contributed by atoms with Crippen LogP contribution in [0.4, 0.5) is 0 Å². The minimum absolute atomic E-state index is 0.109. The van der Waals surface area contributed by atoms with Crippen LogP contribution in [0, 0.1) is 0 Å². The molecule has 5 nitrogen and oxygen atoms in total. The molecule has 0 bridgehead atoms. The Morgan fingerprint density at radius 1 is 1.58 bits per heavy atom. The van der Waals surface area contributed by atoms with Crippen LogP contribution in [0.5, 0.6) is 0 Å². The van der Waals surface area contributed by atoms with Gasteiger partial charge < -0.3 is 9.32 Å². The lowest BCUT2D eigenvalue weighted by Gasteiger charge is -2.22. The van der Waals surface area contributed by atoms with Crippen LogP contribution in [0.25, 0.3) is 0 Å². The molecular weight excluding hydrogens is 242 g/mol. The van der Waals surface area contributed by atoms with Crippen LogP contribution in [0.3, 0.4) is 0 Å². The number of rotatable bonds is 5. The quantitative estimate of drug-likeness (QED) is 0.900. The number of carbonyl (C=O) groups excluding carboxylic acids is 1. The molecule has 2 aromatic rings. The van der Waals surface area contributed by atoms with Crippen LogP contribution in [0.1, 0.15) is 48.3 Å². The summed E-state index contributed by atoms with van der Waals surface area (Å²) in [5, 5.41) is 6.97. The van der Waals surface area contributed by atoms with Gasteiger partial charge in [-0.3, -0.25) is 9.89 Å². The van der Waals surface area contributed by atoms with Crippen molar-refractivity contribution in [2.75, 3.05) is 7.05 Å². The summed E-state index contributed by atoms with van der Waals surface area (Å²) in [6.45, 7) is 4.02. The van der Waals surface area contributed by atoms with Crippen LogP contribution in [-0.2, 0) is 6.42 Å². The number of hydrogen-bond donors (Lipinski definition) is 1. The number of H-pyrrole nitrogens is 1. The number of nitrogens with one attached hydrogen (secondary N) is 1. The third-order valence-corrected chi connectivity index (χ3v) is 3.23. The second-order valence-corrected chi connectivity index (χ2v) is 4.64. The van der Waals surface area contributed by atoms with Crippen LogP contribution in [0.15, 0.2) is 28.9 Å². The third-order valence-electron chi connectivity index (χ3n) is 3.23. The molecule has 0 aromatic carbocycles. The zero-order valence-corrected chi connectivity index (χ0v) is 11.5. The Morgan fingerprint density at radius 2 is 2.37 bits per heavy atom. The first-order chi connectivity index (χ1) is 9.13. The second kappa shape index (κ2) is 5.73. The van der Waals surface area contributed by atoms with Gasteiger partial charge in [-0.05, 0) is 31.5 Å². The van der Waals surface area contributed by atoms with Gasteiger partial charge in [-0.25, -0.2) is 0 Å². The highest BCUT2D eigenvalue weighted by Gasteiger charge is 2.22. The van der Waals surface area contributed by atoms with Crippen LogP contribution in [0.2, 0.25) is 0 Å². The van der Waals surface area contributed by atoms with Crippen LogP contribution in [-0.4, -0.2) is 28.1 Å². The zero-order chi connectivity index (χ0) is 13.8. The Balaban J connectivity index is 2.09. The van der Waals surface area contributed by atoms with E-state index >= 15 is 0 Å². The average Bonchev–Trinajstić information content (AvgIpc) is 3.07. The lowest BCUT2D eigenvalue weighted by Crippen LogP contribution is -2.29. The van der Waals surface area contributed by atoms with Crippen molar-refractivity contribution >= 4 is 5.91 Å². The maximum atomic E-state index is 12.3. The van der Waals surface area contributed by atoms with E-state index in [2.05, 4.69) is 17.1 Å². The molecule has 1 N–H and O–H groups in total. The largest absolute Gasteiger partial charge is 0.467 e. The standard InChI is InChI=1S/C14H19N3O2/c1-4-6-11-9-12(16-15-11)14(18)17(3)10(2)13-7-5-8-19-13/h5,7-10H,4,6H2,1-3H3,(H,15,16)/t10-/m0/s1. The van der Waals surface area contributed by atoms with E-state index in [0.29, 0.717) is 5.69 Å². The predicted molar refractivity (Wildman–Crippen MR) is 71.8 cm³/mol. The zero-order valence-electron chi connectivity index (χ0n) is 11.5. The summed E-state index contributed by atoms with van der Waals surface area (Å²) in [4.78, 5) is 13.9. The highest BCUT2D eigenvalue weighted by atomic mass is 16.3. The molecule has 0 saturated heterocycles. The molecule has 0 aliphatic heterocycles. The molecule has 0 aliphatic rings. The molecule has 102 valence electrons. The van der Waals surface area contributed by atoms with Gasteiger partial charge in [0.05, 0.1) is 12.3 Å². The minimum Gasteiger partial charge on any atom is -0.467 e. The maximum Gasteiger partial charge on any atom is 0.274 e. The Morgan fingerprint density at radius 3 is 3.00 bits per heavy atom. The van der Waals surface area contributed by atoms with Crippen molar-refractivity contribution in [2.45, 2.75) is 32.7 Å². The summed E-state index contributed by atoms with van der Waals surface area (Å²) in [6, 6.07) is 5.38. The monoisotopic (exact) mass is 261 g/mol. The smallest absolute Gasteiger partial charge is 0.274 e. The fraction of sp³-hybridized carbons (Fsp3) is 0.429. The number of nitrogens with zero attached hydrogens (tertiary/aromatic N) is 2. The summed E-state index contributed by atoms with van der Waals surface area (Å²) in [5.41, 5.74) is 1.44. The van der Waals surface area contributed by atoms with E-state index < -0.39 is 0 Å². The van der Waals surface area contributed by atoms with E-state index in [-0.39, 0.29) is 11.9 Å². The van der Waals surface area contributed by atoms with E-state index in [1.54, 1.807) is 18.2 Å². The molecule has 2 heterocycles. The summed E-state index contributed by atoms with van der Waals surface area (Å²) in [7, 11) is 1.75. The van der Waals surface area contributed by atoms with E-state index in [1.165, 1.54) is 0 Å². The first-order valence-corrected chi connectivity index (χ1v) is 6.48. The van der Waals surface area contributed by atoms with Crippen LogP contribution < -0.4 is 0 Å². The number of amides is 1. The molecule has 2 rings (SSSR count). The van der Waals surface area contributed by atoms with E-state index in [1.807, 2.05) is 25.1 Å². The second-order valence-electron chi connectivity index (χ2n) is 4.64. The van der Waals surface area contributed by atoms with Crippen molar-refractivity contribution in [2.24, 2.45) is 0 Å². The number of hydrogen-bond acceptors (Lipinski definition) is 3. The van der Waals surface area contributed by atoms with Gasteiger partial charge in [-0.15, -0.1) is 0 Å². The molecule has 0 radical (unpaired) electrons. The van der Waals surface area contributed by atoms with Gasteiger partial charge in [-0.2, -0.15) is 5.10 Å². The molecule has 2 aromatic heterocycles. The third kappa shape index (κ3) is 2.86. The van der Waals surface area contributed by atoms with Gasteiger partial charge in [0.2, 0.25) is 0 Å². The topological polar surface area (TPSA) is 62.1 Å². The van der Waals surface area contributed by atoms with Crippen molar-refractivity contribution < 1.29 is 9.21 Å². The van der Waals surface area contributed by atoms with E-state index in [0.717, 1.165) is 24.3 Å². The summed E-state index contributed by atoms with van der Waals surface area (Å²) < 4.78 is 5.32. The molecule has 1 atom stereocenters. The van der Waals surface area contributed by atoms with Gasteiger partial charge in [0.25, 0.3) is 5.91 Å². The van der Waals surface area contributed by atoms with Crippen molar-refractivity contribution in [3.05, 3.63) is 41.6 Å². The highest BCUT2D eigenvalue weighted by molar-refractivity contribution is 5.92. The lowest BCUT2D eigenvalue weighted by molar-refractivity contribution is 0.0720. The number of aryl methyl sites for hydroxylation is 1. The van der Waals surface area contributed by atoms with Crippen molar-refractivity contribution in [1.82, 2.24) is 15.1 Å². The lowest BCUT2D eigenvalue weighted by atomic mass is 10.2. The van der Waals surface area contributed by atoms with Crippen molar-refractivity contribution in [3.8, 4) is 0 Å². The normalized spacial score (nSPS) is 12.4. The molecular formula is C14H19N3O2. The van der Waals surface area contributed by atoms with E-state index in [9.17, 15) is 4.79 Å². The Hall–Kier alpha value is -2.04. The number of furan rings is 1. The fourth-order valence-corrected chi connectivity index (χ4v) is 1.94. The Labute approximate surface area is 112 Å². The van der Waals surface area contributed by atoms with Gasteiger partial charge in [0.1, 0.15) is 11.5 Å². The molecule has 0 unspecified atom stereocenters. The molecule has 0 aliphatic carbocycles. The first kappa shape index (κ1) is 13.4. The first-order valence-electron chi connectivity index (χ1n) is 6.48. The van der Waals surface area contributed by atoms with E-state index in [4.69, 9.17) is 4.42 Å². The minimum atomic E-state index is -0.117. The Bertz CT molecular complexity index is 531. The number of aromatic nitrogens is 2. The Kier molecular flexibility index (Phi) is 4.04. The van der Waals surface area contributed by atoms with Crippen molar-refractivity contribution in [1.29, 1.82) is 0 Å². The molecule has 5 heteroatoms. The summed E-state index contributed by atoms with van der Waals surface area (Å²) >= 11 is 0. The molecule has 0 spiro atoms. The molecule has 0 saturated carbocycles. The van der Waals surface area contributed by atoms with Gasteiger partial charge in [0.15, 0.2) is 0 Å². The number of aromatic amines is 1. The summed E-state index contributed by atoms with van der Waals surface area (Å²) in [6.07, 6.45) is 3.53. The van der Waals surface area contributed by atoms with Gasteiger partial charge in [0, 0.05) is 12.7 Å². The highest BCUT2D eigenvalue weighted by Crippen LogP contribution is 2.20. The SMILES string of the molecule is CCCc1cc(C(=O)N(C)[C@@H](C)c2ccco2)n[nH]1. The number of carbonyl (C=O) groups is 1. The van der Waals surface area contributed by atoms with Gasteiger partial charge >= 0.3 is 0 Å². The van der Waals surface area contributed by atoms with Crippen molar-refractivity contribution in [3.63, 3.8) is 0 Å². The predicted octanol–water partition coefficient (Wildman–Crippen LogP) is 2.79. The molecule has 0 fully saturated rings. The molecule has 19 heavy (non-hydrogen) atoms. The average molecular weight is 261 g/mol. The van der Waals surface area contributed by atoms with Gasteiger partial charge in [-0.1, -0.05) is 13.3 Å². The molecule has 1 amide bonds. The maximum absolute atomic E-state index is 12.3. The summed E-state index contributed by atoms with van der Waals surface area (Å²) in [5.74, 6) is 0.655.